The van der Waals surface area contributed by atoms with E-state index in [9.17, 15) is 4.79 Å². The van der Waals surface area contributed by atoms with Crippen LogP contribution in [0, 0.1) is 0 Å². The molecule has 1 atom stereocenters. The molecule has 2 aliphatic heterocycles. The van der Waals surface area contributed by atoms with Gasteiger partial charge in [0, 0.05) is 18.6 Å². The van der Waals surface area contributed by atoms with Crippen molar-refractivity contribution in [3.05, 3.63) is 12.1 Å². The number of hydrogen-bond acceptors (Lipinski definition) is 5. The molecule has 3 rings (SSSR count). The Bertz CT molecular complexity index is 483. The number of rotatable bonds is 2. The van der Waals surface area contributed by atoms with Crippen LogP contribution in [0.25, 0.3) is 0 Å². The first-order valence-corrected chi connectivity index (χ1v) is 5.83. The normalized spacial score (nSPS) is 22.0. The van der Waals surface area contributed by atoms with Gasteiger partial charge in [0.2, 0.25) is 0 Å². The van der Waals surface area contributed by atoms with Gasteiger partial charge >= 0.3 is 0 Å². The molecule has 0 spiro atoms. The first-order valence-electron chi connectivity index (χ1n) is 5.83. The van der Waals surface area contributed by atoms with Gasteiger partial charge in [0.15, 0.2) is 6.61 Å². The molecule has 0 aromatic heterocycles. The molecule has 6 heteroatoms. The van der Waals surface area contributed by atoms with Gasteiger partial charge in [0.25, 0.3) is 5.91 Å². The summed E-state index contributed by atoms with van der Waals surface area (Å²) in [7, 11) is 0. The average molecular weight is 250 g/mol. The largest absolute Gasteiger partial charge is 0.486 e. The van der Waals surface area contributed by atoms with Crippen molar-refractivity contribution < 1.29 is 19.0 Å². The molecule has 1 aromatic rings. The molecule has 0 aliphatic carbocycles. The fourth-order valence-electron chi connectivity index (χ4n) is 2.01. The second-order valence-electron chi connectivity index (χ2n) is 4.33. The molecule has 0 bridgehead atoms. The van der Waals surface area contributed by atoms with E-state index < -0.39 is 0 Å². The second kappa shape index (κ2) is 4.38. The van der Waals surface area contributed by atoms with Crippen molar-refractivity contribution in [2.75, 3.05) is 30.9 Å². The van der Waals surface area contributed by atoms with Crippen LogP contribution in [-0.4, -0.2) is 31.8 Å². The van der Waals surface area contributed by atoms with Gasteiger partial charge in [-0.2, -0.15) is 0 Å². The van der Waals surface area contributed by atoms with Crippen molar-refractivity contribution in [1.82, 2.24) is 0 Å². The Kier molecular flexibility index (Phi) is 2.71. The molecule has 1 fully saturated rings. The quantitative estimate of drug-likeness (QED) is 0.757. The molecule has 0 saturated carbocycles. The third-order valence-electron chi connectivity index (χ3n) is 2.93. The third kappa shape index (κ3) is 2.06. The van der Waals surface area contributed by atoms with Gasteiger partial charge in [-0.15, -0.1) is 0 Å². The highest BCUT2D eigenvalue weighted by molar-refractivity contribution is 5.96. The Labute approximate surface area is 104 Å². The number of hydrogen-bond donors (Lipinski definition) is 2. The van der Waals surface area contributed by atoms with E-state index in [-0.39, 0.29) is 18.6 Å². The van der Waals surface area contributed by atoms with Crippen LogP contribution in [-0.2, 0) is 9.53 Å². The summed E-state index contributed by atoms with van der Waals surface area (Å²) in [6.45, 7) is 1.29. The Morgan fingerprint density at radius 3 is 3.11 bits per heavy atom. The van der Waals surface area contributed by atoms with Crippen LogP contribution < -0.4 is 20.5 Å². The number of amides is 1. The number of ether oxygens (including phenoxy) is 3. The highest BCUT2D eigenvalue weighted by Gasteiger charge is 2.22. The van der Waals surface area contributed by atoms with E-state index in [2.05, 4.69) is 5.32 Å². The predicted molar refractivity (Wildman–Crippen MR) is 64.8 cm³/mol. The minimum Gasteiger partial charge on any atom is -0.486 e. The minimum absolute atomic E-state index is 0.0170. The summed E-state index contributed by atoms with van der Waals surface area (Å²) < 4.78 is 16.3. The first kappa shape index (κ1) is 11.2. The van der Waals surface area contributed by atoms with Crippen molar-refractivity contribution in [3.8, 4) is 11.5 Å². The number of nitrogens with one attached hydrogen (secondary N) is 1. The van der Waals surface area contributed by atoms with Gasteiger partial charge in [-0.25, -0.2) is 0 Å². The summed E-state index contributed by atoms with van der Waals surface area (Å²) in [6.07, 6.45) is 0.866. The molecule has 1 aromatic carbocycles. The van der Waals surface area contributed by atoms with Crippen LogP contribution >= 0.6 is 0 Å². The van der Waals surface area contributed by atoms with Crippen LogP contribution in [0.2, 0.25) is 0 Å². The first-order chi connectivity index (χ1) is 8.72. The monoisotopic (exact) mass is 250 g/mol. The molecule has 3 N–H and O–H groups in total. The lowest BCUT2D eigenvalue weighted by atomic mass is 10.2. The summed E-state index contributed by atoms with van der Waals surface area (Å²) in [6, 6.07) is 3.36. The molecular weight excluding hydrogens is 236 g/mol. The Morgan fingerprint density at radius 1 is 1.44 bits per heavy atom. The number of anilines is 2. The summed E-state index contributed by atoms with van der Waals surface area (Å²) in [4.78, 5) is 11.2. The van der Waals surface area contributed by atoms with E-state index >= 15 is 0 Å². The fraction of sp³-hybridized carbons (Fsp3) is 0.417. The zero-order chi connectivity index (χ0) is 12.5. The number of nitrogens with two attached hydrogens (primary N) is 1. The third-order valence-corrected chi connectivity index (χ3v) is 2.93. The van der Waals surface area contributed by atoms with Crippen LogP contribution in [0.1, 0.15) is 6.42 Å². The maximum absolute atomic E-state index is 11.2. The minimum atomic E-state index is -0.178. The lowest BCUT2D eigenvalue weighted by Gasteiger charge is -2.21. The molecule has 0 radical (unpaired) electrons. The van der Waals surface area contributed by atoms with Crippen molar-refractivity contribution in [1.29, 1.82) is 0 Å². The SMILES string of the molecule is Nc1cc2c(cc1OC1CCOC1)NC(=O)CO2. The lowest BCUT2D eigenvalue weighted by molar-refractivity contribution is -0.118. The van der Waals surface area contributed by atoms with E-state index in [0.717, 1.165) is 6.42 Å². The van der Waals surface area contributed by atoms with E-state index in [1.807, 2.05) is 0 Å². The van der Waals surface area contributed by atoms with Crippen LogP contribution in [0.5, 0.6) is 11.5 Å². The van der Waals surface area contributed by atoms with Crippen LogP contribution in [0.3, 0.4) is 0 Å². The molecule has 1 amide bonds. The number of nitrogen functional groups attached to an aromatic ring is 1. The summed E-state index contributed by atoms with van der Waals surface area (Å²) in [5.74, 6) is 0.944. The fourth-order valence-corrected chi connectivity index (χ4v) is 2.01. The number of fused-ring (bicyclic) bond motifs is 1. The van der Waals surface area contributed by atoms with Gasteiger partial charge in [0.05, 0.1) is 24.6 Å². The highest BCUT2D eigenvalue weighted by atomic mass is 16.5. The standard InChI is InChI=1S/C12H14N2O4/c13-8-3-11-9(14-12(15)6-17-11)4-10(8)18-7-1-2-16-5-7/h3-4,7H,1-2,5-6,13H2,(H,14,15). The summed E-state index contributed by atoms with van der Waals surface area (Å²) in [5, 5.41) is 2.72. The molecule has 2 heterocycles. The molecule has 1 saturated heterocycles. The van der Waals surface area contributed by atoms with Crippen molar-refractivity contribution in [3.63, 3.8) is 0 Å². The van der Waals surface area contributed by atoms with Gasteiger partial charge in [-0.3, -0.25) is 4.79 Å². The Morgan fingerprint density at radius 2 is 2.33 bits per heavy atom. The smallest absolute Gasteiger partial charge is 0.262 e. The number of carbonyl (C=O) groups excluding carboxylic acids is 1. The van der Waals surface area contributed by atoms with E-state index in [1.54, 1.807) is 12.1 Å². The molecule has 6 nitrogen and oxygen atoms in total. The van der Waals surface area contributed by atoms with Gasteiger partial charge in [0.1, 0.15) is 17.6 Å². The van der Waals surface area contributed by atoms with E-state index in [1.165, 1.54) is 0 Å². The molecule has 18 heavy (non-hydrogen) atoms. The molecule has 1 unspecified atom stereocenters. The van der Waals surface area contributed by atoms with Gasteiger partial charge in [-0.1, -0.05) is 0 Å². The zero-order valence-corrected chi connectivity index (χ0v) is 9.77. The van der Waals surface area contributed by atoms with Crippen molar-refractivity contribution >= 4 is 17.3 Å². The van der Waals surface area contributed by atoms with Crippen LogP contribution in [0.4, 0.5) is 11.4 Å². The van der Waals surface area contributed by atoms with Crippen molar-refractivity contribution in [2.24, 2.45) is 0 Å². The Hall–Kier alpha value is -1.95. The van der Waals surface area contributed by atoms with Crippen LogP contribution in [0.15, 0.2) is 12.1 Å². The van der Waals surface area contributed by atoms with E-state index in [0.29, 0.717) is 36.1 Å². The zero-order valence-electron chi connectivity index (χ0n) is 9.77. The highest BCUT2D eigenvalue weighted by Crippen LogP contribution is 2.37. The molecular formula is C12H14N2O4. The Balaban J connectivity index is 1.85. The van der Waals surface area contributed by atoms with Crippen molar-refractivity contribution in [2.45, 2.75) is 12.5 Å². The van der Waals surface area contributed by atoms with E-state index in [4.69, 9.17) is 19.9 Å². The molecule has 96 valence electrons. The summed E-state index contributed by atoms with van der Waals surface area (Å²) >= 11 is 0. The van der Waals surface area contributed by atoms with Gasteiger partial charge < -0.3 is 25.3 Å². The topological polar surface area (TPSA) is 82.8 Å². The summed E-state index contributed by atoms with van der Waals surface area (Å²) in [5.41, 5.74) is 6.99. The maximum atomic E-state index is 11.2. The predicted octanol–water partition coefficient (Wildman–Crippen LogP) is 0.767. The lowest BCUT2D eigenvalue weighted by Crippen LogP contribution is -2.25. The maximum Gasteiger partial charge on any atom is 0.262 e. The number of benzene rings is 1. The molecule has 2 aliphatic rings. The second-order valence-corrected chi connectivity index (χ2v) is 4.33. The average Bonchev–Trinajstić information content (AvgIpc) is 2.83. The van der Waals surface area contributed by atoms with Gasteiger partial charge in [-0.05, 0) is 0 Å². The number of carbonyl (C=O) groups is 1.